The minimum absolute atomic E-state index is 0. The number of pyridine rings is 1. The number of likely N-dealkylation sites (tertiary alicyclic amines) is 1. The second-order valence-corrected chi connectivity index (χ2v) is 11.9. The van der Waals surface area contributed by atoms with Crippen molar-refractivity contribution in [3.05, 3.63) is 82.4 Å². The Kier molecular flexibility index (Phi) is 9.90. The van der Waals surface area contributed by atoms with Crippen molar-refractivity contribution in [3.8, 4) is 0 Å². The number of rotatable bonds is 8. The Labute approximate surface area is 224 Å². The topological polar surface area (TPSA) is 54.7 Å². The van der Waals surface area contributed by atoms with Crippen molar-refractivity contribution in [1.29, 1.82) is 0 Å². The van der Waals surface area contributed by atoms with Gasteiger partial charge in [0.2, 0.25) is 0 Å². The number of aromatic nitrogens is 2. The first kappa shape index (κ1) is 27.8. The van der Waals surface area contributed by atoms with E-state index in [1.807, 2.05) is 30.5 Å². The van der Waals surface area contributed by atoms with E-state index in [4.69, 9.17) is 0 Å². The zero-order chi connectivity index (χ0) is 22.7. The van der Waals surface area contributed by atoms with Crippen molar-refractivity contribution in [2.75, 3.05) is 25.4 Å². The second kappa shape index (κ2) is 12.5. The van der Waals surface area contributed by atoms with Crippen molar-refractivity contribution in [3.63, 3.8) is 0 Å². The van der Waals surface area contributed by atoms with E-state index in [1.54, 1.807) is 17.8 Å². The van der Waals surface area contributed by atoms with Gasteiger partial charge in [0.25, 0.3) is 0 Å². The van der Waals surface area contributed by atoms with Gasteiger partial charge in [-0.2, -0.15) is 0 Å². The zero-order valence-electron chi connectivity index (χ0n) is 19.5. The van der Waals surface area contributed by atoms with E-state index in [0.717, 1.165) is 66.6 Å². The predicted octanol–water partition coefficient (Wildman–Crippen LogP) is 5.90. The number of hydrogen-bond acceptors (Lipinski definition) is 5. The maximum atomic E-state index is 12.8. The highest BCUT2D eigenvalue weighted by molar-refractivity contribution is 8.03. The monoisotopic (exact) mass is 551 g/mol. The van der Waals surface area contributed by atoms with Crippen molar-refractivity contribution in [2.45, 2.75) is 30.7 Å². The third-order valence-electron chi connectivity index (χ3n) is 6.43. The van der Waals surface area contributed by atoms with Crippen LogP contribution in [0, 0.1) is 5.92 Å². The third kappa shape index (κ3) is 7.14. The molecule has 1 saturated heterocycles. The summed E-state index contributed by atoms with van der Waals surface area (Å²) >= 11 is 1.57. The molecule has 35 heavy (non-hydrogen) atoms. The van der Waals surface area contributed by atoms with Crippen molar-refractivity contribution in [2.24, 2.45) is 5.92 Å². The summed E-state index contributed by atoms with van der Waals surface area (Å²) in [5.74, 6) is 0.487. The Morgan fingerprint density at radius 2 is 1.80 bits per heavy atom. The lowest BCUT2D eigenvalue weighted by atomic mass is 9.98. The number of nitrogens with zero attached hydrogens (tertiary/aromatic N) is 3. The van der Waals surface area contributed by atoms with E-state index in [1.165, 1.54) is 11.0 Å². The normalized spacial score (nSPS) is 16.6. The van der Waals surface area contributed by atoms with Gasteiger partial charge < -0.3 is 4.90 Å². The van der Waals surface area contributed by atoms with Gasteiger partial charge in [0.15, 0.2) is 9.84 Å². The molecule has 0 bridgehead atoms. The van der Waals surface area contributed by atoms with Crippen molar-refractivity contribution >= 4 is 58.1 Å². The van der Waals surface area contributed by atoms with Crippen LogP contribution in [-0.2, 0) is 16.3 Å². The predicted molar refractivity (Wildman–Crippen MR) is 150 cm³/mol. The number of allylic oxidation sites excluding steroid dienone is 1. The summed E-state index contributed by atoms with van der Waals surface area (Å²) in [6.45, 7) is 3.07. The second-order valence-electron chi connectivity index (χ2n) is 8.90. The number of thioether (sulfide) groups is 1. The molecule has 1 aromatic carbocycles. The Hall–Kier alpha value is -1.77. The number of imidazole rings is 1. The number of piperidine rings is 1. The number of halogens is 2. The summed E-state index contributed by atoms with van der Waals surface area (Å²) < 4.78 is 27.7. The molecule has 5 rings (SSSR count). The van der Waals surface area contributed by atoms with Crippen LogP contribution in [0.25, 0.3) is 11.7 Å². The van der Waals surface area contributed by atoms with Gasteiger partial charge in [0.1, 0.15) is 5.65 Å². The lowest BCUT2D eigenvalue weighted by molar-refractivity contribution is 0.192. The highest BCUT2D eigenvalue weighted by Crippen LogP contribution is 2.35. The van der Waals surface area contributed by atoms with Gasteiger partial charge in [-0.25, -0.2) is 13.4 Å². The minimum Gasteiger partial charge on any atom is -0.303 e. The largest absolute Gasteiger partial charge is 0.303 e. The van der Waals surface area contributed by atoms with Crippen LogP contribution in [0.5, 0.6) is 0 Å². The van der Waals surface area contributed by atoms with Crippen LogP contribution in [0.3, 0.4) is 0 Å². The molecule has 0 amide bonds. The first-order valence-electron chi connectivity index (χ1n) is 11.6. The maximum Gasteiger partial charge on any atom is 0.171 e. The van der Waals surface area contributed by atoms with Crippen molar-refractivity contribution < 1.29 is 8.42 Å². The fraction of sp³-hybridized carbons (Fsp3) is 0.346. The minimum atomic E-state index is -3.24. The number of sulfone groups is 1. The van der Waals surface area contributed by atoms with E-state index < -0.39 is 9.84 Å². The molecule has 0 N–H and O–H groups in total. The molecule has 5 nitrogen and oxygen atoms in total. The number of benzene rings is 1. The molecular formula is C26H31Cl2N3O2S2. The third-order valence-corrected chi connectivity index (χ3v) is 8.94. The standard InChI is InChI=1S/C26H29N3O2S2.2ClH/c30-33(31,17-13-24-18-23-19-27-25-9-4-10-26(32-24)29(23)25)20-22-11-15-28(16-12-22)14-5-8-21-6-2-1-3-7-21;;/h1-4,6-7,9-10,13,17-19,22H,5,8,11-12,14-16,20H2;2*1H/b17-13+;;. The highest BCUT2D eigenvalue weighted by atomic mass is 35.5. The molecule has 2 aliphatic heterocycles. The fourth-order valence-electron chi connectivity index (χ4n) is 4.67. The molecule has 0 spiro atoms. The summed E-state index contributed by atoms with van der Waals surface area (Å²) in [6, 6.07) is 16.6. The quantitative estimate of drug-likeness (QED) is 0.349. The van der Waals surface area contributed by atoms with Gasteiger partial charge in [-0.15, -0.1) is 24.8 Å². The van der Waals surface area contributed by atoms with Gasteiger partial charge in [-0.1, -0.05) is 48.2 Å². The molecule has 1 fully saturated rings. The molecule has 3 aromatic rings. The van der Waals surface area contributed by atoms with E-state index >= 15 is 0 Å². The van der Waals surface area contributed by atoms with Gasteiger partial charge in [0.05, 0.1) is 22.7 Å². The van der Waals surface area contributed by atoms with Gasteiger partial charge in [-0.05, 0) is 81.1 Å². The van der Waals surface area contributed by atoms with Crippen LogP contribution in [0.1, 0.15) is 30.5 Å². The molecule has 2 aromatic heterocycles. The van der Waals surface area contributed by atoms with Crippen LogP contribution in [0.15, 0.2) is 76.1 Å². The first-order valence-corrected chi connectivity index (χ1v) is 14.1. The zero-order valence-corrected chi connectivity index (χ0v) is 22.7. The van der Waals surface area contributed by atoms with Gasteiger partial charge in [0, 0.05) is 10.3 Å². The Morgan fingerprint density at radius 3 is 2.57 bits per heavy atom. The molecule has 2 aliphatic rings. The molecule has 0 saturated carbocycles. The van der Waals surface area contributed by atoms with Gasteiger partial charge >= 0.3 is 0 Å². The number of hydrogen-bond donors (Lipinski definition) is 0. The maximum absolute atomic E-state index is 12.8. The fourth-order valence-corrected chi connectivity index (χ4v) is 7.21. The lowest BCUT2D eigenvalue weighted by Crippen LogP contribution is -2.36. The Morgan fingerprint density at radius 1 is 1.03 bits per heavy atom. The molecule has 0 atom stereocenters. The SMILES string of the molecule is Cl.Cl.O=S(=O)(/C=C/C1=Cc2cnc3cccc(n23)S1)CC1CCN(CCCc2ccccc2)CC1. The molecule has 0 aliphatic carbocycles. The van der Waals surface area contributed by atoms with E-state index in [9.17, 15) is 8.42 Å². The summed E-state index contributed by atoms with van der Waals surface area (Å²) in [7, 11) is -3.24. The number of aryl methyl sites for hydroxylation is 1. The van der Waals surface area contributed by atoms with Crippen LogP contribution in [-0.4, -0.2) is 48.1 Å². The lowest BCUT2D eigenvalue weighted by Gasteiger charge is -2.31. The summed E-state index contributed by atoms with van der Waals surface area (Å²) in [5, 5.41) is 2.46. The molecule has 188 valence electrons. The first-order chi connectivity index (χ1) is 16.1. The smallest absolute Gasteiger partial charge is 0.171 e. The van der Waals surface area contributed by atoms with Crippen LogP contribution in [0.4, 0.5) is 0 Å². The highest BCUT2D eigenvalue weighted by Gasteiger charge is 2.23. The summed E-state index contributed by atoms with van der Waals surface area (Å²) in [5.41, 5.74) is 3.28. The summed E-state index contributed by atoms with van der Waals surface area (Å²) in [6.07, 6.45) is 9.73. The van der Waals surface area contributed by atoms with Crippen LogP contribution in [0.2, 0.25) is 0 Å². The molecule has 4 heterocycles. The van der Waals surface area contributed by atoms with Crippen LogP contribution >= 0.6 is 36.6 Å². The summed E-state index contributed by atoms with van der Waals surface area (Å²) in [4.78, 5) is 7.81. The van der Waals surface area contributed by atoms with E-state index in [-0.39, 0.29) is 36.5 Å². The van der Waals surface area contributed by atoms with Crippen LogP contribution < -0.4 is 0 Å². The van der Waals surface area contributed by atoms with Crippen molar-refractivity contribution in [1.82, 2.24) is 14.3 Å². The van der Waals surface area contributed by atoms with E-state index in [0.29, 0.717) is 0 Å². The Bertz CT molecular complexity index is 1280. The molecule has 9 heteroatoms. The van der Waals surface area contributed by atoms with Gasteiger partial charge in [-0.3, -0.25) is 4.40 Å². The average Bonchev–Trinajstić information content (AvgIpc) is 3.24. The Balaban J connectivity index is 0.00000171. The molecule has 0 unspecified atom stereocenters. The van der Waals surface area contributed by atoms with E-state index in [2.05, 4.69) is 44.6 Å². The molecule has 0 radical (unpaired) electrons. The average molecular weight is 553 g/mol. The molecular weight excluding hydrogens is 521 g/mol.